The Hall–Kier alpha value is -3.92. The summed E-state index contributed by atoms with van der Waals surface area (Å²) in [6.45, 7) is 3.20. The zero-order chi connectivity index (χ0) is 24.5. The highest BCUT2D eigenvalue weighted by Gasteiger charge is 2.23. The van der Waals surface area contributed by atoms with Crippen molar-refractivity contribution >= 4 is 34.3 Å². The Balaban J connectivity index is 1.21. The first-order chi connectivity index (χ1) is 17.7. The molecule has 4 aromatic rings. The Labute approximate surface area is 211 Å². The van der Waals surface area contributed by atoms with Crippen LogP contribution in [0.2, 0.25) is 0 Å². The molecule has 184 valence electrons. The number of carbonyl (C=O) groups excluding carboxylic acids is 1. The van der Waals surface area contributed by atoms with Crippen LogP contribution in [-0.4, -0.2) is 59.1 Å². The molecule has 2 aromatic heterocycles. The van der Waals surface area contributed by atoms with Crippen molar-refractivity contribution in [3.63, 3.8) is 0 Å². The van der Waals surface area contributed by atoms with Crippen molar-refractivity contribution in [2.75, 3.05) is 43.6 Å². The summed E-state index contributed by atoms with van der Waals surface area (Å²) in [5.41, 5.74) is 1.45. The number of para-hydroxylation sites is 1. The number of ether oxygens (including phenoxy) is 2. The lowest BCUT2D eigenvalue weighted by Gasteiger charge is -2.36. The van der Waals surface area contributed by atoms with E-state index >= 15 is 0 Å². The van der Waals surface area contributed by atoms with Crippen LogP contribution in [0, 0.1) is 0 Å². The molecule has 4 heterocycles. The average molecular weight is 505 g/mol. The maximum atomic E-state index is 13.5. The van der Waals surface area contributed by atoms with E-state index in [0.29, 0.717) is 46.4 Å². The first-order valence-corrected chi connectivity index (χ1v) is 12.7. The van der Waals surface area contributed by atoms with Gasteiger partial charge in [-0.1, -0.05) is 30.0 Å². The molecule has 1 fully saturated rings. The van der Waals surface area contributed by atoms with Crippen LogP contribution in [0.25, 0.3) is 10.9 Å². The molecule has 0 saturated carbocycles. The Morgan fingerprint density at radius 1 is 0.972 bits per heavy atom. The van der Waals surface area contributed by atoms with Gasteiger partial charge in [-0.3, -0.25) is 14.2 Å². The van der Waals surface area contributed by atoms with Gasteiger partial charge in [-0.05, 0) is 30.3 Å². The van der Waals surface area contributed by atoms with E-state index in [4.69, 9.17) is 18.9 Å². The maximum Gasteiger partial charge on any atom is 0.262 e. The second kappa shape index (κ2) is 9.62. The van der Waals surface area contributed by atoms with Crippen LogP contribution in [0.5, 0.6) is 11.5 Å². The van der Waals surface area contributed by atoms with Crippen LogP contribution in [0.1, 0.15) is 5.76 Å². The first-order valence-electron chi connectivity index (χ1n) is 11.7. The van der Waals surface area contributed by atoms with Crippen LogP contribution in [0.3, 0.4) is 0 Å². The van der Waals surface area contributed by atoms with E-state index in [1.165, 1.54) is 17.4 Å². The molecule has 0 aliphatic carbocycles. The summed E-state index contributed by atoms with van der Waals surface area (Å²) in [5.74, 6) is 1.92. The van der Waals surface area contributed by atoms with Gasteiger partial charge < -0.3 is 23.7 Å². The highest BCUT2D eigenvalue weighted by Crippen LogP contribution is 2.35. The molecular formula is C26H24N4O5S. The number of hydrogen-bond donors (Lipinski definition) is 0. The van der Waals surface area contributed by atoms with Crippen LogP contribution in [0.4, 0.5) is 5.69 Å². The molecule has 1 amide bonds. The predicted octanol–water partition coefficient (Wildman–Crippen LogP) is 3.21. The van der Waals surface area contributed by atoms with Crippen molar-refractivity contribution in [3.05, 3.63) is 77.0 Å². The topological polar surface area (TPSA) is 90.0 Å². The quantitative estimate of drug-likeness (QED) is 0.292. The summed E-state index contributed by atoms with van der Waals surface area (Å²) in [4.78, 5) is 35.4. The molecule has 2 aliphatic rings. The summed E-state index contributed by atoms with van der Waals surface area (Å²) in [6, 6.07) is 17.2. The monoisotopic (exact) mass is 504 g/mol. The molecule has 0 atom stereocenters. The van der Waals surface area contributed by atoms with Crippen LogP contribution >= 0.6 is 11.8 Å². The van der Waals surface area contributed by atoms with Gasteiger partial charge in [-0.25, -0.2) is 4.98 Å². The number of anilines is 1. The standard InChI is InChI=1S/C26H24N4O5S/c31-24(29-10-8-28(9-11-29)18-5-2-1-3-6-18)16-36-26-27-21-14-23-22(34-17-35-23)13-20(21)25(32)30(26)15-19-7-4-12-33-19/h1-7,12-14H,8-11,15-17H2. The number of furan rings is 1. The van der Waals surface area contributed by atoms with Crippen molar-refractivity contribution in [1.29, 1.82) is 0 Å². The Morgan fingerprint density at radius 2 is 1.75 bits per heavy atom. The zero-order valence-corrected chi connectivity index (χ0v) is 20.3. The fraction of sp³-hybridized carbons (Fsp3) is 0.269. The number of aromatic nitrogens is 2. The molecule has 36 heavy (non-hydrogen) atoms. The second-order valence-corrected chi connectivity index (χ2v) is 9.52. The molecule has 0 radical (unpaired) electrons. The Kier molecular flexibility index (Phi) is 6.02. The molecule has 10 heteroatoms. The summed E-state index contributed by atoms with van der Waals surface area (Å²) < 4.78 is 17.9. The summed E-state index contributed by atoms with van der Waals surface area (Å²) in [7, 11) is 0. The molecule has 6 rings (SSSR count). The van der Waals surface area contributed by atoms with Crippen molar-refractivity contribution in [1.82, 2.24) is 14.5 Å². The molecule has 0 N–H and O–H groups in total. The number of amides is 1. The van der Waals surface area contributed by atoms with Crippen LogP contribution in [-0.2, 0) is 11.3 Å². The molecule has 2 aromatic carbocycles. The van der Waals surface area contributed by atoms with E-state index in [9.17, 15) is 9.59 Å². The van der Waals surface area contributed by atoms with Gasteiger partial charge in [0, 0.05) is 37.9 Å². The van der Waals surface area contributed by atoms with E-state index in [1.807, 2.05) is 29.2 Å². The minimum atomic E-state index is -0.221. The fourth-order valence-corrected chi connectivity index (χ4v) is 5.37. The second-order valence-electron chi connectivity index (χ2n) is 8.58. The molecule has 0 spiro atoms. The number of fused-ring (bicyclic) bond motifs is 2. The lowest BCUT2D eigenvalue weighted by Crippen LogP contribution is -2.49. The molecule has 1 saturated heterocycles. The fourth-order valence-electron chi connectivity index (χ4n) is 4.47. The van der Waals surface area contributed by atoms with E-state index in [1.54, 1.807) is 29.0 Å². The van der Waals surface area contributed by atoms with Crippen molar-refractivity contribution in [3.8, 4) is 11.5 Å². The lowest BCUT2D eigenvalue weighted by molar-refractivity contribution is -0.128. The van der Waals surface area contributed by atoms with Gasteiger partial charge in [-0.2, -0.15) is 0 Å². The van der Waals surface area contributed by atoms with Crippen molar-refractivity contribution in [2.24, 2.45) is 0 Å². The molecular weight excluding hydrogens is 480 g/mol. The molecule has 0 unspecified atom stereocenters. The number of rotatable bonds is 6. The SMILES string of the molecule is O=C(CSc1nc2cc3c(cc2c(=O)n1Cc1ccco1)OCO3)N1CCN(c2ccccc2)CC1. The van der Waals surface area contributed by atoms with Crippen LogP contribution in [0.15, 0.2) is 75.2 Å². The predicted molar refractivity (Wildman–Crippen MR) is 136 cm³/mol. The summed E-state index contributed by atoms with van der Waals surface area (Å²) in [5, 5.41) is 0.887. The van der Waals surface area contributed by atoms with Crippen molar-refractivity contribution < 1.29 is 18.7 Å². The van der Waals surface area contributed by atoms with Gasteiger partial charge in [0.05, 0.1) is 29.5 Å². The third-order valence-corrected chi connectivity index (χ3v) is 7.35. The first kappa shape index (κ1) is 22.5. The number of thioether (sulfide) groups is 1. The minimum absolute atomic E-state index is 0.0253. The lowest BCUT2D eigenvalue weighted by atomic mass is 10.2. The number of benzene rings is 2. The maximum absolute atomic E-state index is 13.5. The van der Waals surface area contributed by atoms with Gasteiger partial charge in [0.15, 0.2) is 16.7 Å². The normalized spacial score (nSPS) is 15.0. The molecule has 0 bridgehead atoms. The van der Waals surface area contributed by atoms with Crippen LogP contribution < -0.4 is 19.9 Å². The average Bonchev–Trinajstić information content (AvgIpc) is 3.60. The zero-order valence-electron chi connectivity index (χ0n) is 19.5. The Morgan fingerprint density at radius 3 is 2.50 bits per heavy atom. The minimum Gasteiger partial charge on any atom is -0.467 e. The molecule has 9 nitrogen and oxygen atoms in total. The number of nitrogens with zero attached hydrogens (tertiary/aromatic N) is 4. The third-order valence-electron chi connectivity index (χ3n) is 6.39. The Bertz CT molecular complexity index is 1450. The van der Waals surface area contributed by atoms with E-state index in [2.05, 4.69) is 17.0 Å². The van der Waals surface area contributed by atoms with E-state index in [0.717, 1.165) is 13.1 Å². The third kappa shape index (κ3) is 4.39. The van der Waals surface area contributed by atoms with E-state index < -0.39 is 0 Å². The van der Waals surface area contributed by atoms with Gasteiger partial charge >= 0.3 is 0 Å². The number of hydrogen-bond acceptors (Lipinski definition) is 8. The van der Waals surface area contributed by atoms with Crippen molar-refractivity contribution in [2.45, 2.75) is 11.7 Å². The van der Waals surface area contributed by atoms with Gasteiger partial charge in [0.25, 0.3) is 5.56 Å². The van der Waals surface area contributed by atoms with Gasteiger partial charge in [-0.15, -0.1) is 0 Å². The van der Waals surface area contributed by atoms with Gasteiger partial charge in [0.2, 0.25) is 12.7 Å². The highest BCUT2D eigenvalue weighted by atomic mass is 32.2. The van der Waals surface area contributed by atoms with E-state index in [-0.39, 0.29) is 30.6 Å². The van der Waals surface area contributed by atoms with Gasteiger partial charge in [0.1, 0.15) is 5.76 Å². The smallest absolute Gasteiger partial charge is 0.262 e. The molecule has 2 aliphatic heterocycles. The largest absolute Gasteiger partial charge is 0.467 e. The summed E-state index contributed by atoms with van der Waals surface area (Å²) in [6.07, 6.45) is 1.57. The summed E-state index contributed by atoms with van der Waals surface area (Å²) >= 11 is 1.26. The number of carbonyl (C=O) groups is 1. The number of piperazine rings is 1. The highest BCUT2D eigenvalue weighted by molar-refractivity contribution is 7.99.